The third kappa shape index (κ3) is 2.51. The maximum absolute atomic E-state index is 4.13. The summed E-state index contributed by atoms with van der Waals surface area (Å²) in [5, 5.41) is 11.7. The van der Waals surface area contributed by atoms with Crippen molar-refractivity contribution in [2.24, 2.45) is 0 Å². The summed E-state index contributed by atoms with van der Waals surface area (Å²) in [6, 6.07) is 4.77. The second-order valence-electron chi connectivity index (χ2n) is 4.03. The van der Waals surface area contributed by atoms with Gasteiger partial charge in [-0.3, -0.25) is 0 Å². The molecule has 1 heterocycles. The molecule has 0 unspecified atom stereocenters. The highest BCUT2D eigenvalue weighted by Crippen LogP contribution is 2.17. The Morgan fingerprint density at radius 3 is 2.71 bits per heavy atom. The van der Waals surface area contributed by atoms with Crippen molar-refractivity contribution in [2.75, 3.05) is 0 Å². The van der Waals surface area contributed by atoms with Gasteiger partial charge in [0.05, 0.1) is 11.4 Å². The Labute approximate surface area is 84.9 Å². The largest absolute Gasteiger partial charge is 0.308 e. The second kappa shape index (κ2) is 4.51. The summed E-state index contributed by atoms with van der Waals surface area (Å²) < 4.78 is 0. The maximum Gasteiger partial charge on any atom is 0.0769 e. The van der Waals surface area contributed by atoms with Crippen LogP contribution in [0.15, 0.2) is 12.1 Å². The highest BCUT2D eigenvalue weighted by Gasteiger charge is 2.13. The number of rotatable bonds is 3. The summed E-state index contributed by atoms with van der Waals surface area (Å²) in [6.45, 7) is 2.82. The van der Waals surface area contributed by atoms with Crippen molar-refractivity contribution in [2.45, 2.75) is 45.2 Å². The lowest BCUT2D eigenvalue weighted by Crippen LogP contribution is -2.25. The first kappa shape index (κ1) is 9.59. The Morgan fingerprint density at radius 2 is 2.07 bits per heavy atom. The van der Waals surface area contributed by atoms with E-state index in [9.17, 15) is 0 Å². The Hall–Kier alpha value is -0.960. The van der Waals surface area contributed by atoms with E-state index in [-0.39, 0.29) is 0 Å². The zero-order chi connectivity index (χ0) is 9.80. The van der Waals surface area contributed by atoms with Crippen LogP contribution in [0.3, 0.4) is 0 Å². The molecule has 0 amide bonds. The summed E-state index contributed by atoms with van der Waals surface area (Å²) in [5.41, 5.74) is 2.03. The van der Waals surface area contributed by atoms with Gasteiger partial charge < -0.3 is 5.32 Å². The molecule has 1 N–H and O–H groups in total. The number of hydrogen-bond donors (Lipinski definition) is 1. The molecule has 2 rings (SSSR count). The fourth-order valence-electron chi connectivity index (χ4n) is 1.90. The van der Waals surface area contributed by atoms with Crippen LogP contribution in [0.4, 0.5) is 0 Å². The Balaban J connectivity index is 1.82. The van der Waals surface area contributed by atoms with Gasteiger partial charge in [-0.15, -0.1) is 0 Å². The molecule has 1 aliphatic carbocycles. The average Bonchev–Trinajstić information content (AvgIpc) is 2.70. The van der Waals surface area contributed by atoms with E-state index in [4.69, 9.17) is 0 Å². The Morgan fingerprint density at radius 1 is 1.29 bits per heavy atom. The molecule has 0 spiro atoms. The molecule has 3 nitrogen and oxygen atoms in total. The van der Waals surface area contributed by atoms with Crippen LogP contribution in [0.2, 0.25) is 0 Å². The van der Waals surface area contributed by atoms with Crippen LogP contribution >= 0.6 is 0 Å². The van der Waals surface area contributed by atoms with Crippen molar-refractivity contribution >= 4 is 0 Å². The zero-order valence-corrected chi connectivity index (χ0v) is 8.66. The van der Waals surface area contributed by atoms with E-state index in [2.05, 4.69) is 15.5 Å². The quantitative estimate of drug-likeness (QED) is 0.792. The predicted octanol–water partition coefficient (Wildman–Crippen LogP) is 1.82. The molecule has 0 bridgehead atoms. The Kier molecular flexibility index (Phi) is 3.09. The van der Waals surface area contributed by atoms with Crippen LogP contribution in [-0.4, -0.2) is 16.2 Å². The van der Waals surface area contributed by atoms with Crippen LogP contribution in [0.5, 0.6) is 0 Å². The van der Waals surface area contributed by atoms with Gasteiger partial charge in [-0.1, -0.05) is 12.8 Å². The van der Waals surface area contributed by atoms with Gasteiger partial charge in [0.1, 0.15) is 0 Å². The smallest absolute Gasteiger partial charge is 0.0769 e. The molecule has 14 heavy (non-hydrogen) atoms. The van der Waals surface area contributed by atoms with Crippen LogP contribution < -0.4 is 5.32 Å². The van der Waals surface area contributed by atoms with Crippen molar-refractivity contribution < 1.29 is 0 Å². The van der Waals surface area contributed by atoms with Gasteiger partial charge in [0.2, 0.25) is 0 Å². The summed E-state index contributed by atoms with van der Waals surface area (Å²) in [5.74, 6) is 0. The van der Waals surface area contributed by atoms with Gasteiger partial charge in [-0.05, 0) is 31.9 Å². The molecule has 0 saturated heterocycles. The summed E-state index contributed by atoms with van der Waals surface area (Å²) in [7, 11) is 0. The third-order valence-electron chi connectivity index (χ3n) is 2.78. The molecule has 1 aromatic rings. The van der Waals surface area contributed by atoms with Crippen LogP contribution in [0, 0.1) is 6.92 Å². The zero-order valence-electron chi connectivity index (χ0n) is 8.66. The van der Waals surface area contributed by atoms with E-state index < -0.39 is 0 Å². The normalized spacial score (nSPS) is 17.5. The number of aromatic nitrogens is 2. The number of aryl methyl sites for hydroxylation is 1. The predicted molar refractivity (Wildman–Crippen MR) is 55.9 cm³/mol. The standard InChI is InChI=1S/C11H17N3/c1-9-6-7-11(14-13-9)8-12-10-4-2-3-5-10/h6-7,10,12H,2-5,8H2,1H3. The van der Waals surface area contributed by atoms with Crippen LogP contribution in [0.25, 0.3) is 0 Å². The molecule has 1 saturated carbocycles. The molecule has 0 atom stereocenters. The minimum Gasteiger partial charge on any atom is -0.308 e. The van der Waals surface area contributed by atoms with Crippen LogP contribution in [0.1, 0.15) is 37.1 Å². The highest BCUT2D eigenvalue weighted by molar-refractivity contribution is 5.05. The first-order valence-corrected chi connectivity index (χ1v) is 5.37. The lowest BCUT2D eigenvalue weighted by molar-refractivity contribution is 0.517. The van der Waals surface area contributed by atoms with Crippen molar-refractivity contribution in [1.29, 1.82) is 0 Å². The monoisotopic (exact) mass is 191 g/mol. The molecule has 1 aromatic heterocycles. The topological polar surface area (TPSA) is 37.8 Å². The average molecular weight is 191 g/mol. The van der Waals surface area contributed by atoms with Crippen molar-refractivity contribution in [3.63, 3.8) is 0 Å². The molecule has 3 heteroatoms. The van der Waals surface area contributed by atoms with Gasteiger partial charge in [-0.2, -0.15) is 10.2 Å². The number of nitrogens with zero attached hydrogens (tertiary/aromatic N) is 2. The van der Waals surface area contributed by atoms with E-state index in [1.54, 1.807) is 0 Å². The first-order chi connectivity index (χ1) is 6.84. The van der Waals surface area contributed by atoms with Crippen molar-refractivity contribution in [1.82, 2.24) is 15.5 Å². The summed E-state index contributed by atoms with van der Waals surface area (Å²) in [4.78, 5) is 0. The van der Waals surface area contributed by atoms with Crippen LogP contribution in [-0.2, 0) is 6.54 Å². The van der Waals surface area contributed by atoms with Crippen molar-refractivity contribution in [3.05, 3.63) is 23.5 Å². The fourth-order valence-corrected chi connectivity index (χ4v) is 1.90. The number of nitrogens with one attached hydrogen (secondary N) is 1. The molecule has 1 fully saturated rings. The lowest BCUT2D eigenvalue weighted by atomic mass is 10.2. The van der Waals surface area contributed by atoms with Crippen molar-refractivity contribution in [3.8, 4) is 0 Å². The molecular weight excluding hydrogens is 174 g/mol. The van der Waals surface area contributed by atoms with E-state index in [0.717, 1.165) is 17.9 Å². The third-order valence-corrected chi connectivity index (χ3v) is 2.78. The van der Waals surface area contributed by atoms with E-state index in [1.807, 2.05) is 19.1 Å². The maximum atomic E-state index is 4.13. The van der Waals surface area contributed by atoms with Gasteiger partial charge in [0.15, 0.2) is 0 Å². The molecule has 1 aliphatic rings. The second-order valence-corrected chi connectivity index (χ2v) is 4.03. The SMILES string of the molecule is Cc1ccc(CNC2CCCC2)nn1. The lowest BCUT2D eigenvalue weighted by Gasteiger charge is -2.10. The fraction of sp³-hybridized carbons (Fsp3) is 0.636. The first-order valence-electron chi connectivity index (χ1n) is 5.37. The molecule has 0 radical (unpaired) electrons. The minimum absolute atomic E-state index is 0.707. The summed E-state index contributed by atoms with van der Waals surface area (Å²) in [6.07, 6.45) is 5.38. The number of hydrogen-bond acceptors (Lipinski definition) is 3. The summed E-state index contributed by atoms with van der Waals surface area (Å²) >= 11 is 0. The van der Waals surface area contributed by atoms with E-state index >= 15 is 0 Å². The molecule has 0 aliphatic heterocycles. The molecular formula is C11H17N3. The molecule has 76 valence electrons. The van der Waals surface area contributed by atoms with Gasteiger partial charge in [0, 0.05) is 12.6 Å². The van der Waals surface area contributed by atoms with Gasteiger partial charge >= 0.3 is 0 Å². The minimum atomic E-state index is 0.707. The van der Waals surface area contributed by atoms with E-state index in [0.29, 0.717) is 6.04 Å². The Bertz CT molecular complexity index is 275. The highest BCUT2D eigenvalue weighted by atomic mass is 15.1. The van der Waals surface area contributed by atoms with Gasteiger partial charge in [0.25, 0.3) is 0 Å². The van der Waals surface area contributed by atoms with Gasteiger partial charge in [-0.25, -0.2) is 0 Å². The van der Waals surface area contributed by atoms with E-state index in [1.165, 1.54) is 25.7 Å². The molecule has 0 aromatic carbocycles.